The number of nitrogens with zero attached hydrogens (tertiary/aromatic N) is 2. The molecule has 1 amide bonds. The van der Waals surface area contributed by atoms with Gasteiger partial charge in [-0.2, -0.15) is 0 Å². The lowest BCUT2D eigenvalue weighted by molar-refractivity contribution is -0.134. The van der Waals surface area contributed by atoms with Crippen LogP contribution in [0, 0.1) is 17.8 Å². The van der Waals surface area contributed by atoms with Crippen molar-refractivity contribution in [2.45, 2.75) is 63.8 Å². The second-order valence-corrected chi connectivity index (χ2v) is 9.71. The standard InChI is InChI=1S/C25H36N4O.HI/c1-2-26-25(28-19-13-14-29(16-19)24(30)18-8-3-4-9-18)27-15-22-21-12-11-17-7-5-6-10-20(17)23(21)22;/h5-7,10,18-19,21-23H,2-4,8-9,11-16H2,1H3,(H2,26,27,28);1H. The van der Waals surface area contributed by atoms with Gasteiger partial charge in [0.2, 0.25) is 5.91 Å². The summed E-state index contributed by atoms with van der Waals surface area (Å²) in [5.74, 6) is 3.82. The van der Waals surface area contributed by atoms with Crippen molar-refractivity contribution < 1.29 is 4.79 Å². The van der Waals surface area contributed by atoms with Gasteiger partial charge in [-0.1, -0.05) is 37.1 Å². The third kappa shape index (κ3) is 4.88. The molecule has 1 heterocycles. The van der Waals surface area contributed by atoms with Crippen molar-refractivity contribution in [1.82, 2.24) is 15.5 Å². The van der Waals surface area contributed by atoms with Crippen molar-refractivity contribution >= 4 is 35.8 Å². The molecule has 2 N–H and O–H groups in total. The van der Waals surface area contributed by atoms with Crippen molar-refractivity contribution in [3.63, 3.8) is 0 Å². The number of likely N-dealkylation sites (tertiary alicyclic amines) is 1. The average Bonchev–Trinajstić information content (AvgIpc) is 3.13. The summed E-state index contributed by atoms with van der Waals surface area (Å²) in [4.78, 5) is 19.8. The van der Waals surface area contributed by atoms with E-state index in [1.54, 1.807) is 11.1 Å². The predicted octanol–water partition coefficient (Wildman–Crippen LogP) is 3.93. The van der Waals surface area contributed by atoms with Gasteiger partial charge >= 0.3 is 0 Å². The maximum atomic E-state index is 12.7. The zero-order chi connectivity index (χ0) is 20.5. The summed E-state index contributed by atoms with van der Waals surface area (Å²) in [6.45, 7) is 5.59. The first-order valence-electron chi connectivity index (χ1n) is 12.2. The number of halogens is 1. The Morgan fingerprint density at radius 3 is 2.77 bits per heavy atom. The first kappa shape index (κ1) is 22.9. The lowest BCUT2D eigenvalue weighted by Gasteiger charge is -2.21. The molecule has 3 fully saturated rings. The normalized spacial score (nSPS) is 29.7. The second kappa shape index (κ2) is 10.1. The molecule has 1 aromatic rings. The monoisotopic (exact) mass is 536 g/mol. The highest BCUT2D eigenvalue weighted by molar-refractivity contribution is 14.0. The summed E-state index contributed by atoms with van der Waals surface area (Å²) in [7, 11) is 0. The predicted molar refractivity (Wildman–Crippen MR) is 136 cm³/mol. The number of carbonyl (C=O) groups excluding carboxylic acids is 1. The van der Waals surface area contributed by atoms with Crippen LogP contribution in [-0.4, -0.2) is 49.0 Å². The number of hydrogen-bond acceptors (Lipinski definition) is 2. The molecular formula is C25H37IN4O. The number of benzene rings is 1. The van der Waals surface area contributed by atoms with Crippen LogP contribution in [0.5, 0.6) is 0 Å². The molecule has 1 aromatic carbocycles. The highest BCUT2D eigenvalue weighted by Gasteiger charge is 2.52. The maximum Gasteiger partial charge on any atom is 0.225 e. The Morgan fingerprint density at radius 2 is 1.97 bits per heavy atom. The van der Waals surface area contributed by atoms with Crippen LogP contribution in [0.1, 0.15) is 62.5 Å². The van der Waals surface area contributed by atoms with Gasteiger partial charge in [0.25, 0.3) is 0 Å². The molecule has 3 aliphatic carbocycles. The zero-order valence-corrected chi connectivity index (χ0v) is 21.0. The van der Waals surface area contributed by atoms with E-state index >= 15 is 0 Å². The molecule has 0 bridgehead atoms. The molecule has 5 rings (SSSR count). The van der Waals surface area contributed by atoms with E-state index in [-0.39, 0.29) is 29.9 Å². The molecule has 4 unspecified atom stereocenters. The van der Waals surface area contributed by atoms with Crippen LogP contribution in [0.25, 0.3) is 0 Å². The number of hydrogen-bond donors (Lipinski definition) is 2. The topological polar surface area (TPSA) is 56.7 Å². The van der Waals surface area contributed by atoms with E-state index in [1.165, 1.54) is 25.7 Å². The molecule has 2 saturated carbocycles. The summed E-state index contributed by atoms with van der Waals surface area (Å²) in [5.41, 5.74) is 3.12. The van der Waals surface area contributed by atoms with Crippen molar-refractivity contribution in [3.8, 4) is 0 Å². The van der Waals surface area contributed by atoms with E-state index in [0.29, 0.717) is 23.8 Å². The number of rotatable bonds is 5. The molecule has 4 atom stereocenters. The number of aliphatic imine (C=N–C) groups is 1. The smallest absolute Gasteiger partial charge is 0.225 e. The summed E-state index contributed by atoms with van der Waals surface area (Å²) in [6, 6.07) is 9.30. The second-order valence-electron chi connectivity index (χ2n) is 9.71. The zero-order valence-electron chi connectivity index (χ0n) is 18.7. The molecule has 0 spiro atoms. The molecule has 1 saturated heterocycles. The van der Waals surface area contributed by atoms with Crippen LogP contribution in [0.15, 0.2) is 29.3 Å². The van der Waals surface area contributed by atoms with Gasteiger partial charge in [-0.3, -0.25) is 9.79 Å². The molecule has 170 valence electrons. The number of fused-ring (bicyclic) bond motifs is 3. The van der Waals surface area contributed by atoms with E-state index in [9.17, 15) is 4.79 Å². The van der Waals surface area contributed by atoms with E-state index in [4.69, 9.17) is 4.99 Å². The van der Waals surface area contributed by atoms with Crippen molar-refractivity contribution in [3.05, 3.63) is 35.4 Å². The third-order valence-electron chi connectivity index (χ3n) is 7.84. The van der Waals surface area contributed by atoms with Crippen LogP contribution >= 0.6 is 24.0 Å². The van der Waals surface area contributed by atoms with Gasteiger partial charge in [-0.25, -0.2) is 0 Å². The molecule has 1 aliphatic heterocycles. The quantitative estimate of drug-likeness (QED) is 0.341. The van der Waals surface area contributed by atoms with Gasteiger partial charge in [-0.05, 0) is 67.9 Å². The van der Waals surface area contributed by atoms with Crippen molar-refractivity contribution in [2.75, 3.05) is 26.2 Å². The minimum atomic E-state index is 0. The number of nitrogens with one attached hydrogen (secondary N) is 2. The highest BCUT2D eigenvalue weighted by atomic mass is 127. The van der Waals surface area contributed by atoms with Gasteiger partial charge < -0.3 is 15.5 Å². The van der Waals surface area contributed by atoms with Crippen LogP contribution in [0.4, 0.5) is 0 Å². The van der Waals surface area contributed by atoms with Gasteiger partial charge in [0.1, 0.15) is 0 Å². The van der Waals surface area contributed by atoms with Crippen LogP contribution < -0.4 is 10.6 Å². The Bertz CT molecular complexity index is 806. The molecule has 4 aliphatic rings. The Kier molecular flexibility index (Phi) is 7.44. The van der Waals surface area contributed by atoms with E-state index in [1.807, 2.05) is 0 Å². The lowest BCUT2D eigenvalue weighted by Crippen LogP contribution is -2.45. The Hall–Kier alpha value is -1.31. The van der Waals surface area contributed by atoms with Crippen molar-refractivity contribution in [1.29, 1.82) is 0 Å². The minimum Gasteiger partial charge on any atom is -0.357 e. The molecule has 0 aromatic heterocycles. The Balaban J connectivity index is 0.00000231. The van der Waals surface area contributed by atoms with E-state index in [0.717, 1.165) is 57.3 Å². The number of carbonyl (C=O) groups is 1. The fourth-order valence-corrected chi connectivity index (χ4v) is 6.18. The van der Waals surface area contributed by atoms with Gasteiger partial charge in [0.15, 0.2) is 5.96 Å². The van der Waals surface area contributed by atoms with E-state index in [2.05, 4.69) is 46.7 Å². The summed E-state index contributed by atoms with van der Waals surface area (Å²) >= 11 is 0. The van der Waals surface area contributed by atoms with Gasteiger partial charge in [0, 0.05) is 38.1 Å². The largest absolute Gasteiger partial charge is 0.357 e. The maximum absolute atomic E-state index is 12.7. The number of guanidine groups is 1. The van der Waals surface area contributed by atoms with Crippen LogP contribution in [0.3, 0.4) is 0 Å². The summed E-state index contributed by atoms with van der Waals surface area (Å²) in [6.07, 6.45) is 8.17. The lowest BCUT2D eigenvalue weighted by atomic mass is 9.92. The Labute approximate surface area is 203 Å². The summed E-state index contributed by atoms with van der Waals surface area (Å²) in [5, 5.41) is 7.05. The third-order valence-corrected chi connectivity index (χ3v) is 7.84. The minimum absolute atomic E-state index is 0. The molecule has 0 radical (unpaired) electrons. The molecule has 6 heteroatoms. The van der Waals surface area contributed by atoms with Gasteiger partial charge in [-0.15, -0.1) is 24.0 Å². The molecule has 5 nitrogen and oxygen atoms in total. The van der Waals surface area contributed by atoms with E-state index < -0.39 is 0 Å². The first-order chi connectivity index (χ1) is 14.7. The van der Waals surface area contributed by atoms with Crippen LogP contribution in [0.2, 0.25) is 0 Å². The Morgan fingerprint density at radius 1 is 1.16 bits per heavy atom. The number of aryl methyl sites for hydroxylation is 1. The van der Waals surface area contributed by atoms with Crippen molar-refractivity contribution in [2.24, 2.45) is 22.7 Å². The highest BCUT2D eigenvalue weighted by Crippen LogP contribution is 2.59. The fraction of sp³-hybridized carbons (Fsp3) is 0.680. The van der Waals surface area contributed by atoms with Gasteiger partial charge in [0.05, 0.1) is 0 Å². The fourth-order valence-electron chi connectivity index (χ4n) is 6.18. The first-order valence-corrected chi connectivity index (χ1v) is 12.2. The summed E-state index contributed by atoms with van der Waals surface area (Å²) < 4.78 is 0. The van der Waals surface area contributed by atoms with Crippen LogP contribution in [-0.2, 0) is 11.2 Å². The number of amides is 1. The molecule has 31 heavy (non-hydrogen) atoms. The SMILES string of the molecule is CCNC(=NCC1C2CCc3ccccc3C21)NC1CCN(C(=O)C2CCCC2)C1.I. The molecular weight excluding hydrogens is 499 g/mol. The average molecular weight is 537 g/mol.